The van der Waals surface area contributed by atoms with Crippen LogP contribution < -0.4 is 16.0 Å². The van der Waals surface area contributed by atoms with Crippen LogP contribution in [-0.4, -0.2) is 45.7 Å². The molecule has 1 atom stereocenters. The van der Waals surface area contributed by atoms with E-state index in [0.717, 1.165) is 19.4 Å². The predicted molar refractivity (Wildman–Crippen MR) is 91.6 cm³/mol. The normalized spacial score (nSPS) is 18.2. The van der Waals surface area contributed by atoms with Crippen molar-refractivity contribution in [3.63, 3.8) is 0 Å². The van der Waals surface area contributed by atoms with Gasteiger partial charge in [-0.25, -0.2) is 0 Å². The van der Waals surface area contributed by atoms with E-state index in [1.54, 1.807) is 0 Å². The zero-order chi connectivity index (χ0) is 17.9. The molecule has 0 aromatic carbocycles. The number of nitrogens with two attached hydrogens (primary N) is 1. The Bertz CT molecular complexity index is 595. The van der Waals surface area contributed by atoms with Crippen LogP contribution in [0.3, 0.4) is 0 Å². The summed E-state index contributed by atoms with van der Waals surface area (Å²) < 4.78 is 1.85. The zero-order valence-corrected chi connectivity index (χ0v) is 15.0. The first-order valence-electron chi connectivity index (χ1n) is 8.58. The van der Waals surface area contributed by atoms with Gasteiger partial charge in [-0.3, -0.25) is 14.2 Å². The Kier molecular flexibility index (Phi) is 5.80. The van der Waals surface area contributed by atoms with Crippen LogP contribution >= 0.6 is 0 Å². The maximum Gasteiger partial charge on any atom is 0.289 e. The van der Waals surface area contributed by atoms with E-state index in [1.165, 1.54) is 0 Å². The molecule has 1 saturated heterocycles. The molecular weight excluding hydrogens is 308 g/mol. The highest BCUT2D eigenvalue weighted by atomic mass is 16.2. The van der Waals surface area contributed by atoms with Gasteiger partial charge in [0.2, 0.25) is 17.7 Å². The van der Waals surface area contributed by atoms with Crippen LogP contribution in [0.4, 0.5) is 5.95 Å². The average Bonchev–Trinajstić information content (AvgIpc) is 2.89. The van der Waals surface area contributed by atoms with Crippen LogP contribution in [0.5, 0.6) is 0 Å². The standard InChI is InChI=1S/C16H28N6O2/c1-10(2)8-22-14(15(24)18-11(3)4)19-20-16(22)21-7-5-6-12(9-21)13(17)23/h10-12H,5-9H2,1-4H3,(H2,17,23)(H,18,24)/t12-/m0/s1. The van der Waals surface area contributed by atoms with Gasteiger partial charge in [0.15, 0.2) is 0 Å². The van der Waals surface area contributed by atoms with Crippen molar-refractivity contribution in [2.24, 2.45) is 17.6 Å². The molecule has 3 N–H and O–H groups in total. The summed E-state index contributed by atoms with van der Waals surface area (Å²) in [4.78, 5) is 25.9. The van der Waals surface area contributed by atoms with Crippen molar-refractivity contribution in [1.82, 2.24) is 20.1 Å². The Hall–Kier alpha value is -2.12. The van der Waals surface area contributed by atoms with E-state index in [-0.39, 0.29) is 23.8 Å². The van der Waals surface area contributed by atoms with Gasteiger partial charge in [-0.15, -0.1) is 10.2 Å². The van der Waals surface area contributed by atoms with E-state index in [9.17, 15) is 9.59 Å². The molecule has 24 heavy (non-hydrogen) atoms. The zero-order valence-electron chi connectivity index (χ0n) is 15.0. The fourth-order valence-corrected chi connectivity index (χ4v) is 2.95. The minimum Gasteiger partial charge on any atom is -0.369 e. The maximum atomic E-state index is 12.4. The smallest absolute Gasteiger partial charge is 0.289 e. The molecule has 2 amide bonds. The number of anilines is 1. The third-order valence-corrected chi connectivity index (χ3v) is 4.01. The predicted octanol–water partition coefficient (Wildman–Crippen LogP) is 0.774. The van der Waals surface area contributed by atoms with Gasteiger partial charge in [0.25, 0.3) is 5.91 Å². The van der Waals surface area contributed by atoms with Crippen molar-refractivity contribution >= 4 is 17.8 Å². The maximum absolute atomic E-state index is 12.4. The van der Waals surface area contributed by atoms with Crippen LogP contribution in [0.25, 0.3) is 0 Å². The van der Waals surface area contributed by atoms with Crippen molar-refractivity contribution < 1.29 is 9.59 Å². The topological polar surface area (TPSA) is 106 Å². The summed E-state index contributed by atoms with van der Waals surface area (Å²) >= 11 is 0. The van der Waals surface area contributed by atoms with Gasteiger partial charge in [-0.05, 0) is 32.6 Å². The monoisotopic (exact) mass is 336 g/mol. The molecule has 1 aliphatic heterocycles. The largest absolute Gasteiger partial charge is 0.369 e. The lowest BCUT2D eigenvalue weighted by Gasteiger charge is -2.32. The van der Waals surface area contributed by atoms with Crippen LogP contribution in [-0.2, 0) is 11.3 Å². The second-order valence-electron chi connectivity index (χ2n) is 7.14. The van der Waals surface area contributed by atoms with Crippen molar-refractivity contribution in [1.29, 1.82) is 0 Å². The second-order valence-corrected chi connectivity index (χ2v) is 7.14. The minimum absolute atomic E-state index is 0.0272. The van der Waals surface area contributed by atoms with Gasteiger partial charge in [0.1, 0.15) is 0 Å². The van der Waals surface area contributed by atoms with Gasteiger partial charge in [-0.2, -0.15) is 0 Å². The number of rotatable bonds is 6. The number of primary amides is 1. The highest BCUT2D eigenvalue weighted by Gasteiger charge is 2.29. The molecule has 8 nitrogen and oxygen atoms in total. The molecule has 0 unspecified atom stereocenters. The lowest BCUT2D eigenvalue weighted by Crippen LogP contribution is -2.42. The number of piperidine rings is 1. The molecule has 134 valence electrons. The average molecular weight is 336 g/mol. The first-order valence-corrected chi connectivity index (χ1v) is 8.58. The van der Waals surface area contributed by atoms with Gasteiger partial charge in [0.05, 0.1) is 5.92 Å². The van der Waals surface area contributed by atoms with Crippen molar-refractivity contribution in [3.05, 3.63) is 5.82 Å². The van der Waals surface area contributed by atoms with E-state index in [1.807, 2.05) is 23.3 Å². The number of aromatic nitrogens is 3. The lowest BCUT2D eigenvalue weighted by molar-refractivity contribution is -0.122. The summed E-state index contributed by atoms with van der Waals surface area (Å²) in [6.45, 7) is 9.92. The molecule has 0 saturated carbocycles. The minimum atomic E-state index is -0.285. The first-order chi connectivity index (χ1) is 11.3. The first kappa shape index (κ1) is 18.2. The number of nitrogens with zero attached hydrogens (tertiary/aromatic N) is 4. The van der Waals surface area contributed by atoms with Crippen LogP contribution in [0, 0.1) is 11.8 Å². The van der Waals surface area contributed by atoms with E-state index in [0.29, 0.717) is 30.8 Å². The van der Waals surface area contributed by atoms with Crippen LogP contribution in [0.2, 0.25) is 0 Å². The molecular formula is C16H28N6O2. The third-order valence-electron chi connectivity index (χ3n) is 4.01. The van der Waals surface area contributed by atoms with Gasteiger partial charge in [-0.1, -0.05) is 13.8 Å². The summed E-state index contributed by atoms with van der Waals surface area (Å²) in [5, 5.41) is 11.2. The fourth-order valence-electron chi connectivity index (χ4n) is 2.95. The summed E-state index contributed by atoms with van der Waals surface area (Å²) in [7, 11) is 0. The Labute approximate surface area is 142 Å². The van der Waals surface area contributed by atoms with E-state index >= 15 is 0 Å². The molecule has 2 rings (SSSR count). The lowest BCUT2D eigenvalue weighted by atomic mass is 9.98. The summed E-state index contributed by atoms with van der Waals surface area (Å²) in [5.41, 5.74) is 5.46. The molecule has 0 spiro atoms. The molecule has 0 aliphatic carbocycles. The number of carbonyl (C=O) groups excluding carboxylic acids is 2. The SMILES string of the molecule is CC(C)Cn1c(C(=O)NC(C)C)nnc1N1CCC[C@H](C(N)=O)C1. The molecule has 2 heterocycles. The number of hydrogen-bond donors (Lipinski definition) is 2. The van der Waals surface area contributed by atoms with Crippen molar-refractivity contribution in [2.75, 3.05) is 18.0 Å². The highest BCUT2D eigenvalue weighted by Crippen LogP contribution is 2.23. The number of hydrogen-bond acceptors (Lipinski definition) is 5. The van der Waals surface area contributed by atoms with E-state index in [2.05, 4.69) is 29.4 Å². The van der Waals surface area contributed by atoms with Gasteiger partial charge in [0, 0.05) is 25.7 Å². The quantitative estimate of drug-likeness (QED) is 0.798. The van der Waals surface area contributed by atoms with Crippen LogP contribution in [0.1, 0.15) is 51.2 Å². The number of carbonyl (C=O) groups is 2. The molecule has 1 fully saturated rings. The molecule has 1 aromatic heterocycles. The fraction of sp³-hybridized carbons (Fsp3) is 0.750. The van der Waals surface area contributed by atoms with Crippen LogP contribution in [0.15, 0.2) is 0 Å². The highest BCUT2D eigenvalue weighted by molar-refractivity contribution is 5.91. The summed E-state index contributed by atoms with van der Waals surface area (Å²) in [5.74, 6) is 0.593. The molecule has 1 aromatic rings. The van der Waals surface area contributed by atoms with Crippen molar-refractivity contribution in [2.45, 2.75) is 53.1 Å². The Morgan fingerprint density at radius 1 is 1.29 bits per heavy atom. The molecule has 0 bridgehead atoms. The summed E-state index contributed by atoms with van der Waals surface area (Å²) in [6.07, 6.45) is 1.67. The molecule has 1 aliphatic rings. The molecule has 0 radical (unpaired) electrons. The van der Waals surface area contributed by atoms with E-state index in [4.69, 9.17) is 5.73 Å². The number of nitrogens with one attached hydrogen (secondary N) is 1. The third kappa shape index (κ3) is 4.24. The Morgan fingerprint density at radius 3 is 2.58 bits per heavy atom. The van der Waals surface area contributed by atoms with Gasteiger partial charge >= 0.3 is 0 Å². The molecule has 8 heteroatoms. The second kappa shape index (κ2) is 7.63. The van der Waals surface area contributed by atoms with E-state index < -0.39 is 0 Å². The Balaban J connectivity index is 2.30. The van der Waals surface area contributed by atoms with Gasteiger partial charge < -0.3 is 16.0 Å². The number of amides is 2. The van der Waals surface area contributed by atoms with Crippen molar-refractivity contribution in [3.8, 4) is 0 Å². The Morgan fingerprint density at radius 2 is 2.00 bits per heavy atom. The summed E-state index contributed by atoms with van der Waals surface area (Å²) in [6, 6.07) is 0.0272.